The van der Waals surface area contributed by atoms with Gasteiger partial charge in [0, 0.05) is 5.56 Å². The quantitative estimate of drug-likeness (QED) is 0.732. The van der Waals surface area contributed by atoms with Crippen LogP contribution in [-0.2, 0) is 0 Å². The predicted octanol–water partition coefficient (Wildman–Crippen LogP) is 4.89. The van der Waals surface area contributed by atoms with Crippen molar-refractivity contribution in [2.75, 3.05) is 0 Å². The Hall–Kier alpha value is -1.75. The van der Waals surface area contributed by atoms with Crippen LogP contribution in [0.15, 0.2) is 36.4 Å². The normalized spacial score (nSPS) is 10.8. The molecule has 6 heteroatoms. The van der Waals surface area contributed by atoms with Crippen molar-refractivity contribution in [3.8, 4) is 16.9 Å². The fourth-order valence-corrected chi connectivity index (χ4v) is 1.75. The lowest BCUT2D eigenvalue weighted by atomic mass is 10.0. The number of halogens is 5. The van der Waals surface area contributed by atoms with Crippen LogP contribution < -0.4 is 4.74 Å². The van der Waals surface area contributed by atoms with Gasteiger partial charge in [-0.15, -0.1) is 0 Å². The number of rotatable bonds is 3. The standard InChI is InChI=1S/C13H7ClF4O/c14-9-5-4-7(6-11(9)19-13(17)18)8-2-1-3-10(15)12(8)16/h1-6,13H. The first-order chi connectivity index (χ1) is 8.99. The van der Waals surface area contributed by atoms with Gasteiger partial charge < -0.3 is 4.74 Å². The van der Waals surface area contributed by atoms with Crippen molar-refractivity contribution < 1.29 is 22.3 Å². The zero-order chi connectivity index (χ0) is 14.0. The zero-order valence-electron chi connectivity index (χ0n) is 9.34. The molecule has 0 saturated heterocycles. The van der Waals surface area contributed by atoms with Crippen molar-refractivity contribution in [2.24, 2.45) is 0 Å². The van der Waals surface area contributed by atoms with Crippen LogP contribution in [0.4, 0.5) is 17.6 Å². The highest BCUT2D eigenvalue weighted by Crippen LogP contribution is 2.33. The lowest BCUT2D eigenvalue weighted by Crippen LogP contribution is -2.02. The van der Waals surface area contributed by atoms with E-state index in [0.717, 1.165) is 12.1 Å². The van der Waals surface area contributed by atoms with Crippen molar-refractivity contribution in [1.29, 1.82) is 0 Å². The lowest BCUT2D eigenvalue weighted by Gasteiger charge is -2.10. The minimum Gasteiger partial charge on any atom is -0.433 e. The third kappa shape index (κ3) is 2.98. The van der Waals surface area contributed by atoms with Gasteiger partial charge in [-0.25, -0.2) is 8.78 Å². The zero-order valence-corrected chi connectivity index (χ0v) is 10.1. The topological polar surface area (TPSA) is 9.23 Å². The van der Waals surface area contributed by atoms with E-state index >= 15 is 0 Å². The first-order valence-corrected chi connectivity index (χ1v) is 5.55. The number of ether oxygens (including phenoxy) is 1. The fraction of sp³-hybridized carbons (Fsp3) is 0.0769. The van der Waals surface area contributed by atoms with Gasteiger partial charge in [-0.2, -0.15) is 8.78 Å². The Morgan fingerprint density at radius 3 is 2.47 bits per heavy atom. The third-order valence-corrected chi connectivity index (χ3v) is 2.72. The largest absolute Gasteiger partial charge is 0.433 e. The monoisotopic (exact) mass is 290 g/mol. The van der Waals surface area contributed by atoms with Gasteiger partial charge in [0.1, 0.15) is 5.75 Å². The Balaban J connectivity index is 2.48. The lowest BCUT2D eigenvalue weighted by molar-refractivity contribution is -0.0497. The van der Waals surface area contributed by atoms with Crippen LogP contribution in [0.1, 0.15) is 0 Å². The summed E-state index contributed by atoms with van der Waals surface area (Å²) in [6.07, 6.45) is 0. The summed E-state index contributed by atoms with van der Waals surface area (Å²) in [5.74, 6) is -2.38. The summed E-state index contributed by atoms with van der Waals surface area (Å²) in [5, 5.41) is -0.0409. The molecule has 0 heterocycles. The van der Waals surface area contributed by atoms with Crippen molar-refractivity contribution in [3.05, 3.63) is 53.1 Å². The summed E-state index contributed by atoms with van der Waals surface area (Å²) in [7, 11) is 0. The summed E-state index contributed by atoms with van der Waals surface area (Å²) < 4.78 is 55.2. The summed E-state index contributed by atoms with van der Waals surface area (Å²) in [6, 6.07) is 7.40. The Labute approximate surface area is 111 Å². The second-order valence-corrected chi connectivity index (χ2v) is 4.03. The molecule has 2 rings (SSSR count). The highest BCUT2D eigenvalue weighted by molar-refractivity contribution is 6.32. The van der Waals surface area contributed by atoms with Crippen molar-refractivity contribution in [1.82, 2.24) is 0 Å². The Morgan fingerprint density at radius 2 is 1.79 bits per heavy atom. The van der Waals surface area contributed by atoms with Crippen LogP contribution in [0.5, 0.6) is 5.75 Å². The molecule has 0 spiro atoms. The maximum Gasteiger partial charge on any atom is 0.387 e. The van der Waals surface area contributed by atoms with Crippen LogP contribution in [0.25, 0.3) is 11.1 Å². The van der Waals surface area contributed by atoms with E-state index in [9.17, 15) is 17.6 Å². The number of hydrogen-bond donors (Lipinski definition) is 0. The van der Waals surface area contributed by atoms with E-state index < -0.39 is 18.2 Å². The summed E-state index contributed by atoms with van der Waals surface area (Å²) in [5.41, 5.74) is 0.132. The minimum absolute atomic E-state index is 0.0409. The smallest absolute Gasteiger partial charge is 0.387 e. The van der Waals surface area contributed by atoms with E-state index in [2.05, 4.69) is 4.74 Å². The summed E-state index contributed by atoms with van der Waals surface area (Å²) in [6.45, 7) is -3.05. The molecule has 0 N–H and O–H groups in total. The third-order valence-electron chi connectivity index (χ3n) is 2.41. The van der Waals surface area contributed by atoms with Crippen molar-refractivity contribution in [2.45, 2.75) is 6.61 Å². The molecule has 2 aromatic carbocycles. The molecule has 0 amide bonds. The number of alkyl halides is 2. The molecule has 1 nitrogen and oxygen atoms in total. The molecule has 0 aliphatic rings. The van der Waals surface area contributed by atoms with E-state index in [-0.39, 0.29) is 21.9 Å². The molecular weight excluding hydrogens is 284 g/mol. The van der Waals surface area contributed by atoms with Crippen molar-refractivity contribution in [3.63, 3.8) is 0 Å². The Morgan fingerprint density at radius 1 is 1.05 bits per heavy atom. The molecule has 0 aliphatic carbocycles. The van der Waals surface area contributed by atoms with E-state index in [4.69, 9.17) is 11.6 Å². The van der Waals surface area contributed by atoms with Gasteiger partial charge in [0.15, 0.2) is 11.6 Å². The van der Waals surface area contributed by atoms with Gasteiger partial charge >= 0.3 is 6.61 Å². The molecule has 0 bridgehead atoms. The van der Waals surface area contributed by atoms with Gasteiger partial charge in [0.2, 0.25) is 0 Å². The molecule has 0 aromatic heterocycles. The molecule has 0 fully saturated rings. The second-order valence-electron chi connectivity index (χ2n) is 3.63. The summed E-state index contributed by atoms with van der Waals surface area (Å²) in [4.78, 5) is 0. The van der Waals surface area contributed by atoms with E-state index in [1.807, 2.05) is 0 Å². The molecule has 100 valence electrons. The highest BCUT2D eigenvalue weighted by Gasteiger charge is 2.14. The number of hydrogen-bond acceptors (Lipinski definition) is 1. The maximum absolute atomic E-state index is 13.6. The van der Waals surface area contributed by atoms with E-state index in [1.165, 1.54) is 24.3 Å². The Kier molecular flexibility index (Phi) is 3.95. The van der Waals surface area contributed by atoms with Crippen LogP contribution in [0.2, 0.25) is 5.02 Å². The molecule has 2 aromatic rings. The Bertz CT molecular complexity index is 601. The molecule has 0 atom stereocenters. The SMILES string of the molecule is Fc1cccc(-c2ccc(Cl)c(OC(F)F)c2)c1F. The minimum atomic E-state index is -3.05. The second kappa shape index (κ2) is 5.48. The maximum atomic E-state index is 13.6. The van der Waals surface area contributed by atoms with Crippen molar-refractivity contribution >= 4 is 11.6 Å². The molecule has 0 radical (unpaired) electrons. The van der Waals surface area contributed by atoms with Gasteiger partial charge in [-0.1, -0.05) is 29.8 Å². The predicted molar refractivity (Wildman–Crippen MR) is 63.4 cm³/mol. The van der Waals surface area contributed by atoms with Gasteiger partial charge in [-0.05, 0) is 23.8 Å². The molecule has 19 heavy (non-hydrogen) atoms. The van der Waals surface area contributed by atoms with E-state index in [1.54, 1.807) is 0 Å². The molecular formula is C13H7ClF4O. The van der Waals surface area contributed by atoms with Crippen LogP contribution in [0, 0.1) is 11.6 Å². The first-order valence-electron chi connectivity index (χ1n) is 5.18. The van der Waals surface area contributed by atoms with E-state index in [0.29, 0.717) is 0 Å². The van der Waals surface area contributed by atoms with Crippen LogP contribution >= 0.6 is 11.6 Å². The summed E-state index contributed by atoms with van der Waals surface area (Å²) >= 11 is 5.67. The van der Waals surface area contributed by atoms with Crippen LogP contribution in [-0.4, -0.2) is 6.61 Å². The van der Waals surface area contributed by atoms with Crippen LogP contribution in [0.3, 0.4) is 0 Å². The number of benzene rings is 2. The first kappa shape index (κ1) is 13.7. The molecule has 0 aliphatic heterocycles. The average molecular weight is 291 g/mol. The fourth-order valence-electron chi connectivity index (χ4n) is 1.58. The highest BCUT2D eigenvalue weighted by atomic mass is 35.5. The molecule has 0 saturated carbocycles. The molecule has 0 unspecified atom stereocenters. The van der Waals surface area contributed by atoms with Gasteiger partial charge in [0.25, 0.3) is 0 Å². The van der Waals surface area contributed by atoms with Gasteiger partial charge in [-0.3, -0.25) is 0 Å². The average Bonchev–Trinajstić information content (AvgIpc) is 2.35. The van der Waals surface area contributed by atoms with Gasteiger partial charge in [0.05, 0.1) is 5.02 Å².